The molecular weight excluding hydrogens is 526 g/mol. The van der Waals surface area contributed by atoms with E-state index in [0.29, 0.717) is 4.48 Å². The second kappa shape index (κ2) is 11.2. The Bertz CT molecular complexity index is 1110. The van der Waals surface area contributed by atoms with Gasteiger partial charge in [-0.2, -0.15) is 26.3 Å². The third-order valence-electron chi connectivity index (χ3n) is 4.93. The maximum Gasteiger partial charge on any atom is 0.512 e. The van der Waals surface area contributed by atoms with Crippen LogP contribution in [0.1, 0.15) is 24.2 Å². The molecule has 0 aliphatic carbocycles. The smallest absolute Gasteiger partial charge is 0.512 e. The van der Waals surface area contributed by atoms with E-state index in [4.69, 9.17) is 0 Å². The number of hydrogen-bond donors (Lipinski definition) is 1. The van der Waals surface area contributed by atoms with Gasteiger partial charge in [-0.05, 0) is 13.0 Å². The van der Waals surface area contributed by atoms with Gasteiger partial charge in [-0.15, -0.1) is 0 Å². The summed E-state index contributed by atoms with van der Waals surface area (Å²) in [5, 5.41) is 12.6. The van der Waals surface area contributed by atoms with Crippen molar-refractivity contribution >= 4 is 20.0 Å². The van der Waals surface area contributed by atoms with Crippen LogP contribution >= 0.6 is 0 Å². The second-order valence-electron chi connectivity index (χ2n) is 7.98. The van der Waals surface area contributed by atoms with Crippen molar-refractivity contribution in [2.45, 2.75) is 36.6 Å². The van der Waals surface area contributed by atoms with Crippen LogP contribution in [0.15, 0.2) is 60.7 Å². The molecule has 7 nitrogen and oxygen atoms in total. The van der Waals surface area contributed by atoms with Gasteiger partial charge in [0.2, 0.25) is 0 Å². The van der Waals surface area contributed by atoms with Crippen molar-refractivity contribution in [1.82, 2.24) is 4.13 Å². The van der Waals surface area contributed by atoms with E-state index in [1.807, 2.05) is 55.5 Å². The molecule has 2 aromatic carbocycles. The Kier molecular flexibility index (Phi) is 9.90. The summed E-state index contributed by atoms with van der Waals surface area (Å²) in [6, 6.07) is 20.0. The summed E-state index contributed by atoms with van der Waals surface area (Å²) in [4.78, 5) is 0. The molecule has 2 aromatic rings. The van der Waals surface area contributed by atoms with Gasteiger partial charge in [0, 0.05) is 5.56 Å². The van der Waals surface area contributed by atoms with Crippen LogP contribution < -0.4 is 9.23 Å². The predicted octanol–water partition coefficient (Wildman–Crippen LogP) is 3.03. The number of benzene rings is 2. The third kappa shape index (κ3) is 8.75. The first-order valence-electron chi connectivity index (χ1n) is 9.70. The SMILES string of the molecule is C[C@@H]([C@H]([O-])c1ccccc1)[N+](C)(C)Cc1ccccc1.O=S(=O)(NS(=O)(=O)C(F)(F)F)C(F)(F)F. The Hall–Kier alpha value is -2.20. The highest BCUT2D eigenvalue weighted by molar-refractivity contribution is 8.05. The van der Waals surface area contributed by atoms with Crippen molar-refractivity contribution in [3.05, 3.63) is 71.8 Å². The number of hydrogen-bond acceptors (Lipinski definition) is 5. The molecule has 0 bridgehead atoms. The zero-order valence-corrected chi connectivity index (χ0v) is 20.3. The summed E-state index contributed by atoms with van der Waals surface area (Å²) in [6.07, 6.45) is -0.699. The van der Waals surface area contributed by atoms with E-state index in [-0.39, 0.29) is 6.04 Å². The van der Waals surface area contributed by atoms with Gasteiger partial charge in [-0.1, -0.05) is 70.4 Å². The highest BCUT2D eigenvalue weighted by atomic mass is 32.3. The predicted molar refractivity (Wildman–Crippen MR) is 114 cm³/mol. The average molecular weight is 551 g/mol. The summed E-state index contributed by atoms with van der Waals surface area (Å²) in [5.41, 5.74) is -10.2. The van der Waals surface area contributed by atoms with Crippen LogP contribution in [0.2, 0.25) is 0 Å². The Morgan fingerprint density at radius 2 is 1.17 bits per heavy atom. The highest BCUT2D eigenvalue weighted by Crippen LogP contribution is 2.27. The van der Waals surface area contributed by atoms with Crippen molar-refractivity contribution < 1.29 is 52.8 Å². The van der Waals surface area contributed by atoms with Crippen molar-refractivity contribution in [2.24, 2.45) is 0 Å². The van der Waals surface area contributed by atoms with E-state index in [1.54, 1.807) is 0 Å². The molecule has 0 amide bonds. The monoisotopic (exact) mass is 550 g/mol. The fourth-order valence-electron chi connectivity index (χ4n) is 2.72. The number of rotatable bonds is 7. The fourth-order valence-corrected chi connectivity index (χ4v) is 4.64. The number of alkyl halides is 6. The van der Waals surface area contributed by atoms with Crippen molar-refractivity contribution in [3.63, 3.8) is 0 Å². The van der Waals surface area contributed by atoms with Crippen molar-refractivity contribution in [2.75, 3.05) is 14.1 Å². The molecule has 0 saturated carbocycles. The molecule has 0 aromatic heterocycles. The summed E-state index contributed by atoms with van der Waals surface area (Å²) in [5.74, 6) is 0. The van der Waals surface area contributed by atoms with Crippen LogP contribution in [-0.2, 0) is 26.6 Å². The quantitative estimate of drug-likeness (QED) is 0.422. The molecule has 198 valence electrons. The van der Waals surface area contributed by atoms with Crippen LogP contribution in [0.5, 0.6) is 0 Å². The molecule has 2 atom stereocenters. The van der Waals surface area contributed by atoms with E-state index >= 15 is 0 Å². The number of nitrogens with one attached hydrogen (secondary N) is 1. The largest absolute Gasteiger partial charge is 0.844 e. The molecule has 2 rings (SSSR count). The number of sulfonamides is 2. The minimum atomic E-state index is -6.60. The lowest BCUT2D eigenvalue weighted by atomic mass is 10.0. The second-order valence-corrected chi connectivity index (χ2v) is 11.6. The van der Waals surface area contributed by atoms with Gasteiger partial charge in [-0.3, -0.25) is 0 Å². The van der Waals surface area contributed by atoms with Crippen molar-refractivity contribution in [1.29, 1.82) is 0 Å². The highest BCUT2D eigenvalue weighted by Gasteiger charge is 2.55. The van der Waals surface area contributed by atoms with Crippen LogP contribution in [0.3, 0.4) is 0 Å². The molecule has 0 radical (unpaired) electrons. The van der Waals surface area contributed by atoms with Crippen molar-refractivity contribution in [3.8, 4) is 0 Å². The lowest BCUT2D eigenvalue weighted by Crippen LogP contribution is -2.52. The summed E-state index contributed by atoms with van der Waals surface area (Å²) in [6.45, 7) is 2.92. The maximum absolute atomic E-state index is 12.6. The molecular formula is C20H24F6N2O5S2. The van der Waals surface area contributed by atoms with Crippen LogP contribution in [0, 0.1) is 0 Å². The topological polar surface area (TPSA) is 103 Å². The molecule has 0 heterocycles. The first-order valence-corrected chi connectivity index (χ1v) is 12.7. The molecule has 0 unspecified atom stereocenters. The summed E-state index contributed by atoms with van der Waals surface area (Å²) >= 11 is 0. The molecule has 0 saturated heterocycles. The van der Waals surface area contributed by atoms with E-state index in [1.165, 1.54) is 5.56 Å². The Balaban J connectivity index is 0.000000367. The van der Waals surface area contributed by atoms with Crippen LogP contribution in [0.25, 0.3) is 0 Å². The van der Waals surface area contributed by atoms with Gasteiger partial charge >= 0.3 is 31.1 Å². The van der Waals surface area contributed by atoms with E-state index < -0.39 is 41.3 Å². The van der Waals surface area contributed by atoms with E-state index in [2.05, 4.69) is 26.2 Å². The number of nitrogens with zero attached hydrogens (tertiary/aromatic N) is 1. The van der Waals surface area contributed by atoms with Gasteiger partial charge in [0.25, 0.3) is 0 Å². The molecule has 1 N–H and O–H groups in total. The first-order chi connectivity index (χ1) is 15.7. The number of halogens is 6. The lowest BCUT2D eigenvalue weighted by molar-refractivity contribution is -0.937. The zero-order valence-electron chi connectivity index (χ0n) is 18.7. The minimum Gasteiger partial charge on any atom is -0.844 e. The Morgan fingerprint density at radius 3 is 1.54 bits per heavy atom. The molecule has 15 heteroatoms. The number of quaternary nitrogens is 1. The van der Waals surface area contributed by atoms with Gasteiger partial charge in [0.15, 0.2) is 0 Å². The number of likely N-dealkylation sites (N-methyl/N-ethyl adjacent to an activating group) is 1. The average Bonchev–Trinajstić information content (AvgIpc) is 2.72. The minimum absolute atomic E-state index is 0.0117. The lowest BCUT2D eigenvalue weighted by Gasteiger charge is -2.43. The molecule has 0 fully saturated rings. The first kappa shape index (κ1) is 30.8. The van der Waals surface area contributed by atoms with Gasteiger partial charge in [-0.25, -0.2) is 16.8 Å². The summed E-state index contributed by atoms with van der Waals surface area (Å²) in [7, 11) is -8.93. The maximum atomic E-state index is 12.6. The van der Waals surface area contributed by atoms with Crippen LogP contribution in [0.4, 0.5) is 26.3 Å². The van der Waals surface area contributed by atoms with Gasteiger partial charge in [0.1, 0.15) is 6.54 Å². The fraction of sp³-hybridized carbons (Fsp3) is 0.400. The Morgan fingerprint density at radius 1 is 0.800 bits per heavy atom. The standard InChI is InChI=1S/C18H23NO.C2HF6NO4S2/c1-15(18(20)17-12-8-5-9-13-17)19(2,3)14-16-10-6-4-7-11-16;3-1(4,5)14(10,11)9-15(12,13)2(6,7)8/h4-13,15,18H,14H2,1-3H3;9H/t15-,18-;/m0./s1. The zero-order chi connectivity index (χ0) is 27.3. The van der Waals surface area contributed by atoms with Gasteiger partial charge < -0.3 is 9.59 Å². The molecule has 0 aliphatic rings. The normalized spacial score (nSPS) is 15.0. The Labute approximate surface area is 199 Å². The molecule has 35 heavy (non-hydrogen) atoms. The summed E-state index contributed by atoms with van der Waals surface area (Å²) < 4.78 is 109. The third-order valence-corrected chi connectivity index (χ3v) is 7.90. The van der Waals surface area contributed by atoms with E-state index in [0.717, 1.165) is 12.1 Å². The van der Waals surface area contributed by atoms with Gasteiger partial charge in [0.05, 0.1) is 20.1 Å². The van der Waals surface area contributed by atoms with E-state index in [9.17, 15) is 48.3 Å². The van der Waals surface area contributed by atoms with Crippen LogP contribution in [-0.4, -0.2) is 52.5 Å². The molecule has 0 aliphatic heterocycles. The molecule has 0 spiro atoms.